The van der Waals surface area contributed by atoms with E-state index in [1.165, 1.54) is 7.11 Å². The lowest BCUT2D eigenvalue weighted by atomic mass is 10.00. The summed E-state index contributed by atoms with van der Waals surface area (Å²) in [7, 11) is 1.49. The third kappa shape index (κ3) is 3.01. The van der Waals surface area contributed by atoms with Gasteiger partial charge in [0.1, 0.15) is 5.75 Å². The molecule has 2 aromatic carbocycles. The number of hydrogen-bond donors (Lipinski definition) is 1. The Balaban J connectivity index is 2.14. The number of amides is 1. The molecule has 25 heavy (non-hydrogen) atoms. The molecule has 3 rings (SSSR count). The van der Waals surface area contributed by atoms with Crippen LogP contribution in [0.15, 0.2) is 48.5 Å². The Morgan fingerprint density at radius 1 is 1.04 bits per heavy atom. The van der Waals surface area contributed by atoms with Crippen LogP contribution in [-0.4, -0.2) is 24.0 Å². The Hall–Kier alpha value is -3.41. The molecule has 1 N–H and O–H groups in total. The van der Waals surface area contributed by atoms with Gasteiger partial charge in [-0.1, -0.05) is 30.3 Å². The van der Waals surface area contributed by atoms with Crippen LogP contribution in [0.4, 0.5) is 5.69 Å². The number of anilines is 1. The number of fused-ring (bicyclic) bond motifs is 1. The molecule has 0 bridgehead atoms. The quantitative estimate of drug-likeness (QED) is 0.789. The molecule has 0 aliphatic heterocycles. The van der Waals surface area contributed by atoms with Crippen molar-refractivity contribution >= 4 is 28.5 Å². The molecule has 0 spiro atoms. The van der Waals surface area contributed by atoms with Gasteiger partial charge in [0.25, 0.3) is 5.91 Å². The third-order valence-electron chi connectivity index (χ3n) is 3.86. The van der Waals surface area contributed by atoms with Crippen molar-refractivity contribution in [3.05, 3.63) is 65.4 Å². The summed E-state index contributed by atoms with van der Waals surface area (Å²) in [5, 5.41) is 14.8. The van der Waals surface area contributed by atoms with Crippen molar-refractivity contribution in [2.45, 2.75) is 6.92 Å². The number of benzene rings is 2. The van der Waals surface area contributed by atoms with Crippen molar-refractivity contribution in [1.82, 2.24) is 4.98 Å². The van der Waals surface area contributed by atoms with Crippen LogP contribution in [-0.2, 0) is 0 Å². The van der Waals surface area contributed by atoms with Gasteiger partial charge in [0.2, 0.25) is 0 Å². The molecule has 0 saturated carbocycles. The summed E-state index contributed by atoms with van der Waals surface area (Å²) in [4.78, 5) is 28.8. The monoisotopic (exact) mass is 335 g/mol. The van der Waals surface area contributed by atoms with Gasteiger partial charge >= 0.3 is 0 Å². The number of aromatic carboxylic acids is 1. The van der Waals surface area contributed by atoms with Crippen molar-refractivity contribution in [1.29, 1.82) is 0 Å². The number of ether oxygens (including phenoxy) is 1. The van der Waals surface area contributed by atoms with Crippen molar-refractivity contribution < 1.29 is 19.4 Å². The standard InChI is InChI=1S/C19H16N2O4/c1-11-16(18(22)21-14-9-5-6-10-15(14)25-2)17(19(23)24)12-7-3-4-8-13(12)20-11/h3-10H,1-2H3,(H,21,22)(H,23,24)/p-1. The fourth-order valence-corrected chi connectivity index (χ4v) is 2.76. The summed E-state index contributed by atoms with van der Waals surface area (Å²) in [5.74, 6) is -1.54. The molecule has 0 aliphatic rings. The highest BCUT2D eigenvalue weighted by Crippen LogP contribution is 2.27. The van der Waals surface area contributed by atoms with Crippen LogP contribution in [0.1, 0.15) is 26.4 Å². The number of aryl methyl sites for hydroxylation is 1. The fraction of sp³-hybridized carbons (Fsp3) is 0.105. The normalized spacial score (nSPS) is 10.5. The number of carbonyl (C=O) groups excluding carboxylic acids is 2. The van der Waals surface area contributed by atoms with Crippen LogP contribution in [0.5, 0.6) is 5.75 Å². The number of carbonyl (C=O) groups is 2. The highest BCUT2D eigenvalue weighted by Gasteiger charge is 2.20. The Kier molecular flexibility index (Phi) is 4.35. The van der Waals surface area contributed by atoms with Crippen molar-refractivity contribution in [2.24, 2.45) is 0 Å². The highest BCUT2D eigenvalue weighted by molar-refractivity contribution is 6.16. The average molecular weight is 335 g/mol. The molecule has 1 amide bonds. The molecule has 0 unspecified atom stereocenters. The second-order valence-corrected chi connectivity index (χ2v) is 5.41. The number of para-hydroxylation sites is 3. The third-order valence-corrected chi connectivity index (χ3v) is 3.86. The van der Waals surface area contributed by atoms with E-state index in [0.717, 1.165) is 0 Å². The molecule has 0 fully saturated rings. The minimum Gasteiger partial charge on any atom is -0.545 e. The van der Waals surface area contributed by atoms with Gasteiger partial charge in [-0.05, 0) is 25.1 Å². The van der Waals surface area contributed by atoms with E-state index < -0.39 is 11.9 Å². The maximum absolute atomic E-state index is 12.8. The van der Waals surface area contributed by atoms with E-state index in [2.05, 4.69) is 10.3 Å². The van der Waals surface area contributed by atoms with Crippen molar-refractivity contribution in [2.75, 3.05) is 12.4 Å². The minimum atomic E-state index is -1.42. The molecule has 6 nitrogen and oxygen atoms in total. The first kappa shape index (κ1) is 16.4. The first-order valence-corrected chi connectivity index (χ1v) is 7.58. The lowest BCUT2D eigenvalue weighted by Crippen LogP contribution is -2.28. The maximum atomic E-state index is 12.8. The first-order chi connectivity index (χ1) is 12.0. The van der Waals surface area contributed by atoms with Gasteiger partial charge in [-0.3, -0.25) is 9.78 Å². The lowest BCUT2D eigenvalue weighted by molar-refractivity contribution is -0.254. The second-order valence-electron chi connectivity index (χ2n) is 5.41. The molecule has 3 aromatic rings. The van der Waals surface area contributed by atoms with Crippen LogP contribution < -0.4 is 15.2 Å². The summed E-state index contributed by atoms with van der Waals surface area (Å²) in [6.45, 7) is 1.59. The molecule has 0 radical (unpaired) electrons. The van der Waals surface area contributed by atoms with Gasteiger partial charge in [0.05, 0.1) is 35.5 Å². The van der Waals surface area contributed by atoms with Gasteiger partial charge < -0.3 is 20.0 Å². The number of methoxy groups -OCH3 is 1. The fourth-order valence-electron chi connectivity index (χ4n) is 2.76. The Labute approximate surface area is 144 Å². The summed E-state index contributed by atoms with van der Waals surface area (Å²) < 4.78 is 5.20. The van der Waals surface area contributed by atoms with Gasteiger partial charge in [-0.2, -0.15) is 0 Å². The molecular weight excluding hydrogens is 320 g/mol. The van der Waals surface area contributed by atoms with Gasteiger partial charge in [-0.25, -0.2) is 0 Å². The van der Waals surface area contributed by atoms with Crippen molar-refractivity contribution in [3.8, 4) is 5.75 Å². The Bertz CT molecular complexity index is 982. The number of carboxylic acids is 1. The van der Waals surface area contributed by atoms with Gasteiger partial charge in [0.15, 0.2) is 0 Å². The largest absolute Gasteiger partial charge is 0.545 e. The molecular formula is C19H15N2O4-. The second kappa shape index (κ2) is 6.60. The van der Waals surface area contributed by atoms with Crippen LogP contribution in [0.3, 0.4) is 0 Å². The molecule has 1 heterocycles. The average Bonchev–Trinajstić information content (AvgIpc) is 2.60. The SMILES string of the molecule is COc1ccccc1NC(=O)c1c(C)nc2ccccc2c1C(=O)[O-]. The highest BCUT2D eigenvalue weighted by atomic mass is 16.5. The number of aromatic nitrogens is 1. The first-order valence-electron chi connectivity index (χ1n) is 7.58. The van der Waals surface area contributed by atoms with E-state index in [1.54, 1.807) is 55.5 Å². The van der Waals surface area contributed by atoms with Gasteiger partial charge in [-0.15, -0.1) is 0 Å². The predicted octanol–water partition coefficient (Wildman–Crippen LogP) is 2.17. The number of carboxylic acid groups (broad SMARTS) is 1. The van der Waals surface area contributed by atoms with Gasteiger partial charge in [0, 0.05) is 10.9 Å². The smallest absolute Gasteiger partial charge is 0.258 e. The zero-order valence-electron chi connectivity index (χ0n) is 13.7. The summed E-state index contributed by atoms with van der Waals surface area (Å²) in [6, 6.07) is 13.6. The summed E-state index contributed by atoms with van der Waals surface area (Å²) in [5.41, 5.74) is 1.05. The Morgan fingerprint density at radius 3 is 2.44 bits per heavy atom. The van der Waals surface area contributed by atoms with E-state index in [1.807, 2.05) is 0 Å². The Morgan fingerprint density at radius 2 is 1.72 bits per heavy atom. The summed E-state index contributed by atoms with van der Waals surface area (Å²) in [6.07, 6.45) is 0. The number of nitrogens with zero attached hydrogens (tertiary/aromatic N) is 1. The topological polar surface area (TPSA) is 91.3 Å². The van der Waals surface area contributed by atoms with Crippen LogP contribution >= 0.6 is 0 Å². The van der Waals surface area contributed by atoms with Crippen LogP contribution in [0.25, 0.3) is 10.9 Å². The van der Waals surface area contributed by atoms with E-state index in [4.69, 9.17) is 4.74 Å². The molecule has 0 atom stereocenters. The van der Waals surface area contributed by atoms with Crippen molar-refractivity contribution in [3.63, 3.8) is 0 Å². The molecule has 6 heteroatoms. The number of hydrogen-bond acceptors (Lipinski definition) is 5. The van der Waals surface area contributed by atoms with Crippen LogP contribution in [0, 0.1) is 6.92 Å². The maximum Gasteiger partial charge on any atom is 0.258 e. The van der Waals surface area contributed by atoms with E-state index in [-0.39, 0.29) is 11.1 Å². The number of rotatable bonds is 4. The molecule has 0 aliphatic carbocycles. The number of pyridine rings is 1. The number of nitrogens with one attached hydrogen (secondary N) is 1. The summed E-state index contributed by atoms with van der Waals surface area (Å²) >= 11 is 0. The van der Waals surface area contributed by atoms with Crippen LogP contribution in [0.2, 0.25) is 0 Å². The zero-order valence-corrected chi connectivity index (χ0v) is 13.7. The molecule has 0 saturated heterocycles. The lowest BCUT2D eigenvalue weighted by Gasteiger charge is -2.16. The molecule has 126 valence electrons. The van der Waals surface area contributed by atoms with E-state index in [0.29, 0.717) is 28.0 Å². The molecule has 1 aromatic heterocycles. The van der Waals surface area contributed by atoms with E-state index >= 15 is 0 Å². The zero-order chi connectivity index (χ0) is 18.0. The minimum absolute atomic E-state index is 0.0235. The van der Waals surface area contributed by atoms with E-state index in [9.17, 15) is 14.7 Å². The predicted molar refractivity (Wildman–Crippen MR) is 91.8 cm³/mol.